The number of hydrogen-bond donors (Lipinski definition) is 0. The van der Waals surface area contributed by atoms with E-state index < -0.39 is 0 Å². The first-order chi connectivity index (χ1) is 10.3. The van der Waals surface area contributed by atoms with Gasteiger partial charge >= 0.3 is 0 Å². The summed E-state index contributed by atoms with van der Waals surface area (Å²) >= 11 is 2.73. The van der Waals surface area contributed by atoms with E-state index in [1.165, 1.54) is 23.1 Å². The van der Waals surface area contributed by atoms with Crippen LogP contribution in [0.5, 0.6) is 0 Å². The van der Waals surface area contributed by atoms with Crippen LogP contribution >= 0.6 is 23.1 Å². The largest absolute Gasteiger partial charge is 0.465 e. The normalized spacial score (nSPS) is 18.9. The molecule has 106 valence electrons. The van der Waals surface area contributed by atoms with Crippen LogP contribution in [0.1, 0.15) is 5.76 Å². The first-order valence-electron chi connectivity index (χ1n) is 6.12. The molecule has 2 aromatic rings. The van der Waals surface area contributed by atoms with Gasteiger partial charge in [-0.15, -0.1) is 17.9 Å². The average molecular weight is 317 g/mol. The van der Waals surface area contributed by atoms with Gasteiger partial charge in [-0.1, -0.05) is 6.08 Å². The fourth-order valence-electron chi connectivity index (χ4n) is 1.74. The lowest BCUT2D eigenvalue weighted by molar-refractivity contribution is -0.121. The number of nitrogens with zero attached hydrogens (tertiary/aromatic N) is 3. The fraction of sp³-hybridized carbons (Fsp3) is 0.0714. The molecule has 0 aromatic carbocycles. The Hall–Kier alpha value is -2.12. The molecule has 1 aliphatic rings. The summed E-state index contributed by atoms with van der Waals surface area (Å²) in [6.07, 6.45) is 6.64. The van der Waals surface area contributed by atoms with Crippen molar-refractivity contribution in [3.8, 4) is 0 Å². The van der Waals surface area contributed by atoms with Gasteiger partial charge in [0.15, 0.2) is 5.17 Å². The minimum Gasteiger partial charge on any atom is -0.465 e. The zero-order valence-electron chi connectivity index (χ0n) is 10.9. The van der Waals surface area contributed by atoms with E-state index in [1.807, 2.05) is 5.38 Å². The number of aromatic nitrogens is 1. The molecule has 0 radical (unpaired) electrons. The van der Waals surface area contributed by atoms with E-state index in [9.17, 15) is 4.79 Å². The average Bonchev–Trinajstić information content (AvgIpc) is 3.19. The Kier molecular flexibility index (Phi) is 4.03. The van der Waals surface area contributed by atoms with Gasteiger partial charge in [0.25, 0.3) is 5.91 Å². The van der Waals surface area contributed by atoms with Gasteiger partial charge in [-0.25, -0.2) is 4.98 Å². The number of carbonyl (C=O) groups is 1. The van der Waals surface area contributed by atoms with Crippen LogP contribution in [-0.2, 0) is 4.79 Å². The topological polar surface area (TPSA) is 58.7 Å². The van der Waals surface area contributed by atoms with Crippen molar-refractivity contribution in [2.45, 2.75) is 0 Å². The minimum atomic E-state index is -0.105. The molecule has 1 aliphatic heterocycles. The Morgan fingerprint density at radius 1 is 1.52 bits per heavy atom. The molecule has 7 heteroatoms. The highest BCUT2D eigenvalue weighted by Gasteiger charge is 2.33. The lowest BCUT2D eigenvalue weighted by Crippen LogP contribution is -2.29. The van der Waals surface area contributed by atoms with E-state index >= 15 is 0 Å². The van der Waals surface area contributed by atoms with Gasteiger partial charge in [0, 0.05) is 24.2 Å². The molecule has 0 unspecified atom stereocenters. The molecule has 1 fully saturated rings. The second-order valence-electron chi connectivity index (χ2n) is 4.04. The Labute approximate surface area is 129 Å². The summed E-state index contributed by atoms with van der Waals surface area (Å²) in [6.45, 7) is 4.09. The van der Waals surface area contributed by atoms with Crippen molar-refractivity contribution in [2.24, 2.45) is 4.99 Å². The fourth-order valence-corrected chi connectivity index (χ4v) is 3.27. The molecule has 1 saturated heterocycles. The van der Waals surface area contributed by atoms with Gasteiger partial charge < -0.3 is 4.42 Å². The first kappa shape index (κ1) is 13.8. The highest BCUT2D eigenvalue weighted by Crippen LogP contribution is 2.34. The summed E-state index contributed by atoms with van der Waals surface area (Å²) in [5.41, 5.74) is 0. The molecular weight excluding hydrogens is 306 g/mol. The molecule has 3 heterocycles. The molecule has 21 heavy (non-hydrogen) atoms. The predicted molar refractivity (Wildman–Crippen MR) is 85.4 cm³/mol. The van der Waals surface area contributed by atoms with E-state index in [2.05, 4.69) is 16.6 Å². The van der Waals surface area contributed by atoms with Crippen LogP contribution in [0, 0.1) is 0 Å². The zero-order valence-corrected chi connectivity index (χ0v) is 12.6. The van der Waals surface area contributed by atoms with Gasteiger partial charge in [-0.3, -0.25) is 9.69 Å². The molecule has 0 bridgehead atoms. The van der Waals surface area contributed by atoms with Crippen LogP contribution in [0.4, 0.5) is 5.13 Å². The van der Waals surface area contributed by atoms with Crippen molar-refractivity contribution in [1.29, 1.82) is 0 Å². The van der Waals surface area contributed by atoms with Crippen molar-refractivity contribution in [3.63, 3.8) is 0 Å². The van der Waals surface area contributed by atoms with Crippen LogP contribution in [0.25, 0.3) is 6.08 Å². The zero-order chi connectivity index (χ0) is 14.7. The van der Waals surface area contributed by atoms with Gasteiger partial charge in [-0.05, 0) is 23.9 Å². The number of thiazole rings is 1. The highest BCUT2D eigenvalue weighted by molar-refractivity contribution is 8.18. The molecular formula is C14H11N3O2S2. The summed E-state index contributed by atoms with van der Waals surface area (Å²) in [7, 11) is 0. The molecule has 0 N–H and O–H groups in total. The predicted octanol–water partition coefficient (Wildman–Crippen LogP) is 3.53. The number of hydrogen-bond acceptors (Lipinski definition) is 6. The monoisotopic (exact) mass is 317 g/mol. The summed E-state index contributed by atoms with van der Waals surface area (Å²) < 4.78 is 5.25. The van der Waals surface area contributed by atoms with Crippen molar-refractivity contribution in [1.82, 2.24) is 9.88 Å². The third kappa shape index (κ3) is 2.98. The van der Waals surface area contributed by atoms with Crippen molar-refractivity contribution < 1.29 is 9.21 Å². The molecule has 3 rings (SSSR count). The minimum absolute atomic E-state index is 0.105. The number of thioether (sulfide) groups is 1. The number of furan rings is 1. The van der Waals surface area contributed by atoms with E-state index in [0.717, 1.165) is 0 Å². The molecule has 0 aliphatic carbocycles. The number of carbonyl (C=O) groups excluding carboxylic acids is 1. The number of amides is 1. The molecule has 0 saturated carbocycles. The SMILES string of the molecule is C=CCN1C(=O)C(=Cc2ccco2)SC1=Nc1nccs1. The third-order valence-corrected chi connectivity index (χ3v) is 4.30. The van der Waals surface area contributed by atoms with Gasteiger partial charge in [0.05, 0.1) is 11.2 Å². The smallest absolute Gasteiger partial charge is 0.267 e. The van der Waals surface area contributed by atoms with Gasteiger partial charge in [0.1, 0.15) is 5.76 Å². The van der Waals surface area contributed by atoms with Crippen molar-refractivity contribution in [3.05, 3.63) is 53.3 Å². The molecule has 2 aromatic heterocycles. The van der Waals surface area contributed by atoms with Crippen molar-refractivity contribution >= 4 is 45.4 Å². The maximum Gasteiger partial charge on any atom is 0.267 e. The summed E-state index contributed by atoms with van der Waals surface area (Å²) in [4.78, 5) is 23.1. The second kappa shape index (κ2) is 6.11. The van der Waals surface area contributed by atoms with E-state index in [-0.39, 0.29) is 5.91 Å². The Bertz CT molecular complexity index is 703. The standard InChI is InChI=1S/C14H11N3O2S2/c1-2-6-17-12(18)11(9-10-4-3-7-19-10)21-14(17)16-13-15-5-8-20-13/h2-5,7-9H,1,6H2. The summed E-state index contributed by atoms with van der Waals surface area (Å²) in [6, 6.07) is 3.58. The third-order valence-electron chi connectivity index (χ3n) is 2.63. The van der Waals surface area contributed by atoms with E-state index in [0.29, 0.717) is 27.5 Å². The molecule has 0 spiro atoms. The Morgan fingerprint density at radius 3 is 3.10 bits per heavy atom. The van der Waals surface area contributed by atoms with Crippen molar-refractivity contribution in [2.75, 3.05) is 6.54 Å². The van der Waals surface area contributed by atoms with E-state index in [4.69, 9.17) is 4.42 Å². The maximum absolute atomic E-state index is 12.4. The van der Waals surface area contributed by atoms with Gasteiger partial charge in [0.2, 0.25) is 5.13 Å². The lowest BCUT2D eigenvalue weighted by Gasteiger charge is -2.11. The Morgan fingerprint density at radius 2 is 2.43 bits per heavy atom. The maximum atomic E-state index is 12.4. The Balaban J connectivity index is 1.93. The molecule has 5 nitrogen and oxygen atoms in total. The lowest BCUT2D eigenvalue weighted by atomic mass is 10.3. The van der Waals surface area contributed by atoms with Crippen LogP contribution in [0.2, 0.25) is 0 Å². The van der Waals surface area contributed by atoms with E-state index in [1.54, 1.807) is 41.6 Å². The van der Waals surface area contributed by atoms with Gasteiger partial charge in [-0.2, -0.15) is 4.99 Å². The number of aliphatic imine (C=N–C) groups is 1. The summed E-state index contributed by atoms with van der Waals surface area (Å²) in [5.74, 6) is 0.534. The second-order valence-corrected chi connectivity index (χ2v) is 5.92. The molecule has 1 amide bonds. The summed E-state index contributed by atoms with van der Waals surface area (Å²) in [5, 5.41) is 3.07. The van der Waals surface area contributed by atoms with Crippen LogP contribution in [0.15, 0.2) is 56.9 Å². The molecule has 0 atom stereocenters. The van der Waals surface area contributed by atoms with Crippen LogP contribution in [0.3, 0.4) is 0 Å². The quantitative estimate of drug-likeness (QED) is 0.639. The van der Waals surface area contributed by atoms with Crippen LogP contribution in [-0.4, -0.2) is 27.5 Å². The highest BCUT2D eigenvalue weighted by atomic mass is 32.2. The first-order valence-corrected chi connectivity index (χ1v) is 7.81. The number of rotatable bonds is 4. The number of amidine groups is 1. The van der Waals surface area contributed by atoms with Crippen LogP contribution < -0.4 is 0 Å².